The number of benzene rings is 2. The minimum atomic E-state index is -0.236. The van der Waals surface area contributed by atoms with Crippen molar-refractivity contribution in [3.8, 4) is 5.69 Å². The molecular weight excluding hydrogens is 383 g/mol. The molecule has 5 nitrogen and oxygen atoms in total. The second-order valence-electron chi connectivity index (χ2n) is 6.31. The highest BCUT2D eigenvalue weighted by Gasteiger charge is 2.17. The van der Waals surface area contributed by atoms with Gasteiger partial charge < -0.3 is 10.2 Å². The van der Waals surface area contributed by atoms with Gasteiger partial charge in [0.2, 0.25) is 0 Å². The number of aromatic nitrogens is 2. The standard InChI is InChI=1S/C20H20Cl2N4O/c1-13-17(14(2)26(24-13)16-7-5-4-6-8-16)12-25(3)20(27)23-15-9-10-18(21)19(22)11-15/h4-11H,12H2,1-3H3,(H,23,27). The molecule has 1 heterocycles. The Kier molecular flexibility index (Phi) is 5.73. The van der Waals surface area contributed by atoms with Crippen molar-refractivity contribution < 1.29 is 4.79 Å². The normalized spacial score (nSPS) is 10.7. The SMILES string of the molecule is Cc1nn(-c2ccccc2)c(C)c1CN(C)C(=O)Nc1ccc(Cl)c(Cl)c1. The first kappa shape index (κ1) is 19.3. The van der Waals surface area contributed by atoms with Gasteiger partial charge in [0.05, 0.1) is 28.0 Å². The predicted molar refractivity (Wildman–Crippen MR) is 110 cm³/mol. The van der Waals surface area contributed by atoms with Crippen LogP contribution in [0.4, 0.5) is 10.5 Å². The summed E-state index contributed by atoms with van der Waals surface area (Å²) in [5.41, 5.74) is 4.51. The third kappa shape index (κ3) is 4.26. The van der Waals surface area contributed by atoms with Crippen molar-refractivity contribution in [3.05, 3.63) is 75.5 Å². The monoisotopic (exact) mass is 402 g/mol. The van der Waals surface area contributed by atoms with Gasteiger partial charge in [-0.3, -0.25) is 0 Å². The van der Waals surface area contributed by atoms with Crippen LogP contribution in [0.15, 0.2) is 48.5 Å². The number of rotatable bonds is 4. The lowest BCUT2D eigenvalue weighted by molar-refractivity contribution is 0.220. The van der Waals surface area contributed by atoms with E-state index in [9.17, 15) is 4.79 Å². The fourth-order valence-electron chi connectivity index (χ4n) is 2.83. The Bertz CT molecular complexity index is 970. The molecule has 0 aliphatic carbocycles. The van der Waals surface area contributed by atoms with Gasteiger partial charge in [0.25, 0.3) is 0 Å². The lowest BCUT2D eigenvalue weighted by atomic mass is 10.2. The molecule has 140 valence electrons. The largest absolute Gasteiger partial charge is 0.323 e. The van der Waals surface area contributed by atoms with Gasteiger partial charge in [-0.1, -0.05) is 41.4 Å². The molecular formula is C20H20Cl2N4O. The Hall–Kier alpha value is -2.50. The molecule has 0 aliphatic rings. The van der Waals surface area contributed by atoms with Crippen LogP contribution < -0.4 is 5.32 Å². The van der Waals surface area contributed by atoms with Crippen LogP contribution in [-0.4, -0.2) is 27.8 Å². The van der Waals surface area contributed by atoms with E-state index in [-0.39, 0.29) is 6.03 Å². The van der Waals surface area contributed by atoms with Crippen molar-refractivity contribution in [3.63, 3.8) is 0 Å². The number of amides is 2. The molecule has 27 heavy (non-hydrogen) atoms. The van der Waals surface area contributed by atoms with E-state index in [0.717, 1.165) is 22.6 Å². The number of nitrogens with one attached hydrogen (secondary N) is 1. The number of hydrogen-bond acceptors (Lipinski definition) is 2. The first-order valence-corrected chi connectivity index (χ1v) is 9.20. The van der Waals surface area contributed by atoms with E-state index >= 15 is 0 Å². The minimum Gasteiger partial charge on any atom is -0.323 e. The molecule has 0 atom stereocenters. The van der Waals surface area contributed by atoms with E-state index in [4.69, 9.17) is 23.2 Å². The van der Waals surface area contributed by atoms with E-state index in [1.54, 1.807) is 30.1 Å². The summed E-state index contributed by atoms with van der Waals surface area (Å²) in [6, 6.07) is 14.7. The van der Waals surface area contributed by atoms with Gasteiger partial charge in [-0.2, -0.15) is 5.10 Å². The molecule has 0 fully saturated rings. The summed E-state index contributed by atoms with van der Waals surface area (Å²) in [7, 11) is 1.74. The Morgan fingerprint density at radius 1 is 1.11 bits per heavy atom. The number of nitrogens with zero attached hydrogens (tertiary/aromatic N) is 3. The number of aryl methyl sites for hydroxylation is 1. The van der Waals surface area contributed by atoms with Crippen LogP contribution in [0.5, 0.6) is 0 Å². The highest BCUT2D eigenvalue weighted by molar-refractivity contribution is 6.42. The van der Waals surface area contributed by atoms with E-state index in [1.165, 1.54) is 0 Å². The fraction of sp³-hybridized carbons (Fsp3) is 0.200. The van der Waals surface area contributed by atoms with Crippen molar-refractivity contribution in [2.24, 2.45) is 0 Å². The van der Waals surface area contributed by atoms with Crippen LogP contribution >= 0.6 is 23.2 Å². The Morgan fingerprint density at radius 3 is 2.48 bits per heavy atom. The van der Waals surface area contributed by atoms with Crippen molar-refractivity contribution >= 4 is 34.9 Å². The topological polar surface area (TPSA) is 50.2 Å². The van der Waals surface area contributed by atoms with E-state index in [2.05, 4.69) is 10.4 Å². The summed E-state index contributed by atoms with van der Waals surface area (Å²) >= 11 is 11.9. The van der Waals surface area contributed by atoms with E-state index in [0.29, 0.717) is 22.3 Å². The maximum absolute atomic E-state index is 12.5. The third-order valence-electron chi connectivity index (χ3n) is 4.35. The quantitative estimate of drug-likeness (QED) is 0.629. The highest BCUT2D eigenvalue weighted by Crippen LogP contribution is 2.25. The van der Waals surface area contributed by atoms with Crippen molar-refractivity contribution in [1.29, 1.82) is 0 Å². The van der Waals surface area contributed by atoms with Crippen molar-refractivity contribution in [1.82, 2.24) is 14.7 Å². The van der Waals surface area contributed by atoms with E-state index in [1.807, 2.05) is 48.9 Å². The maximum atomic E-state index is 12.5. The summed E-state index contributed by atoms with van der Waals surface area (Å²) < 4.78 is 1.90. The zero-order valence-corrected chi connectivity index (χ0v) is 16.8. The van der Waals surface area contributed by atoms with Crippen LogP contribution in [0.1, 0.15) is 17.0 Å². The van der Waals surface area contributed by atoms with Gasteiger partial charge in [0, 0.05) is 24.0 Å². The molecule has 0 saturated heterocycles. The fourth-order valence-corrected chi connectivity index (χ4v) is 3.12. The average molecular weight is 403 g/mol. The van der Waals surface area contributed by atoms with Crippen molar-refractivity contribution in [2.45, 2.75) is 20.4 Å². The van der Waals surface area contributed by atoms with Crippen LogP contribution in [0.25, 0.3) is 5.69 Å². The number of urea groups is 1. The van der Waals surface area contributed by atoms with Gasteiger partial charge in [-0.15, -0.1) is 0 Å². The summed E-state index contributed by atoms with van der Waals surface area (Å²) in [4.78, 5) is 14.1. The second-order valence-corrected chi connectivity index (χ2v) is 7.13. The summed E-state index contributed by atoms with van der Waals surface area (Å²) in [6.45, 7) is 4.40. The van der Waals surface area contributed by atoms with Crippen molar-refractivity contribution in [2.75, 3.05) is 12.4 Å². The zero-order valence-electron chi connectivity index (χ0n) is 15.3. The number of halogens is 2. The van der Waals surface area contributed by atoms with Crippen LogP contribution in [-0.2, 0) is 6.54 Å². The zero-order chi connectivity index (χ0) is 19.6. The molecule has 1 N–H and O–H groups in total. The van der Waals surface area contributed by atoms with Gasteiger partial charge in [-0.05, 0) is 44.2 Å². The molecule has 0 unspecified atom stereocenters. The molecule has 2 amide bonds. The molecule has 0 radical (unpaired) electrons. The van der Waals surface area contributed by atoms with Crippen LogP contribution in [0, 0.1) is 13.8 Å². The molecule has 0 spiro atoms. The molecule has 2 aromatic carbocycles. The average Bonchev–Trinajstić information content (AvgIpc) is 2.93. The number of carbonyl (C=O) groups excluding carboxylic acids is 1. The minimum absolute atomic E-state index is 0.236. The molecule has 7 heteroatoms. The highest BCUT2D eigenvalue weighted by atomic mass is 35.5. The van der Waals surface area contributed by atoms with Gasteiger partial charge in [0.1, 0.15) is 0 Å². The maximum Gasteiger partial charge on any atom is 0.321 e. The summed E-state index contributed by atoms with van der Waals surface area (Å²) in [5, 5.41) is 8.29. The Morgan fingerprint density at radius 2 is 1.81 bits per heavy atom. The second kappa shape index (κ2) is 8.03. The molecule has 3 rings (SSSR count). The van der Waals surface area contributed by atoms with E-state index < -0.39 is 0 Å². The lowest BCUT2D eigenvalue weighted by Crippen LogP contribution is -2.31. The Labute approximate surface area is 168 Å². The number of para-hydroxylation sites is 1. The molecule has 0 aliphatic heterocycles. The van der Waals surface area contributed by atoms with Crippen LogP contribution in [0.2, 0.25) is 10.0 Å². The molecule has 0 saturated carbocycles. The smallest absolute Gasteiger partial charge is 0.321 e. The molecule has 3 aromatic rings. The van der Waals surface area contributed by atoms with Gasteiger partial charge in [-0.25, -0.2) is 9.48 Å². The first-order chi connectivity index (χ1) is 12.9. The summed E-state index contributed by atoms with van der Waals surface area (Å²) in [6.07, 6.45) is 0. The number of anilines is 1. The molecule has 0 bridgehead atoms. The lowest BCUT2D eigenvalue weighted by Gasteiger charge is -2.18. The number of carbonyl (C=O) groups is 1. The van der Waals surface area contributed by atoms with Gasteiger partial charge in [0.15, 0.2) is 0 Å². The Balaban J connectivity index is 1.75. The van der Waals surface area contributed by atoms with Gasteiger partial charge >= 0.3 is 6.03 Å². The molecule has 1 aromatic heterocycles. The third-order valence-corrected chi connectivity index (χ3v) is 5.09. The number of hydrogen-bond donors (Lipinski definition) is 1. The summed E-state index contributed by atoms with van der Waals surface area (Å²) in [5.74, 6) is 0. The van der Waals surface area contributed by atoms with Crippen LogP contribution in [0.3, 0.4) is 0 Å². The first-order valence-electron chi connectivity index (χ1n) is 8.44. The predicted octanol–water partition coefficient (Wildman–Crippen LogP) is 5.46.